The average Bonchev–Trinajstić information content (AvgIpc) is 2.78. The van der Waals surface area contributed by atoms with Crippen molar-refractivity contribution < 1.29 is 13.3 Å². The summed E-state index contributed by atoms with van der Waals surface area (Å²) in [6.07, 6.45) is 0.509. The van der Waals surface area contributed by atoms with Crippen LogP contribution >= 0.6 is 22.9 Å². The van der Waals surface area contributed by atoms with Crippen LogP contribution in [0.5, 0.6) is 0 Å². The first kappa shape index (κ1) is 18.3. The summed E-state index contributed by atoms with van der Waals surface area (Å²) in [7, 11) is -2.37. The number of hydrogen-bond acceptors (Lipinski definition) is 6. The van der Waals surface area contributed by atoms with E-state index in [9.17, 15) is 18.5 Å². The van der Waals surface area contributed by atoms with Crippen LogP contribution in [-0.2, 0) is 10.0 Å². The van der Waals surface area contributed by atoms with Crippen molar-refractivity contribution in [2.24, 2.45) is 11.7 Å². The molecule has 0 bridgehead atoms. The van der Waals surface area contributed by atoms with Gasteiger partial charge in [-0.3, -0.25) is 10.1 Å². The van der Waals surface area contributed by atoms with Crippen LogP contribution in [0.15, 0.2) is 10.3 Å². The Bertz CT molecular complexity index is 615. The number of thiophene rings is 1. The molecule has 7 nitrogen and oxygen atoms in total. The third kappa shape index (κ3) is 4.36. The van der Waals surface area contributed by atoms with Crippen molar-refractivity contribution in [2.75, 3.05) is 13.6 Å². The van der Waals surface area contributed by atoms with Gasteiger partial charge >= 0.3 is 0 Å². The maximum Gasteiger partial charge on any atom is 0.300 e. The van der Waals surface area contributed by atoms with E-state index in [1.54, 1.807) is 0 Å². The van der Waals surface area contributed by atoms with Gasteiger partial charge in [0.15, 0.2) is 4.34 Å². The molecule has 1 aromatic heterocycles. The van der Waals surface area contributed by atoms with E-state index < -0.39 is 20.6 Å². The molecule has 0 spiro atoms. The van der Waals surface area contributed by atoms with Gasteiger partial charge in [-0.05, 0) is 12.3 Å². The number of sulfonamides is 1. The number of nitrogens with two attached hydrogens (primary N) is 1. The lowest BCUT2D eigenvalue weighted by Gasteiger charge is -2.20. The zero-order valence-electron chi connectivity index (χ0n) is 11.9. The fourth-order valence-corrected chi connectivity index (χ4v) is 4.59. The maximum atomic E-state index is 12.3. The van der Waals surface area contributed by atoms with Crippen LogP contribution in [0, 0.1) is 16.0 Å². The molecule has 120 valence electrons. The van der Waals surface area contributed by atoms with Gasteiger partial charge in [0.2, 0.25) is 0 Å². The van der Waals surface area contributed by atoms with Gasteiger partial charge in [0.05, 0.1) is 4.92 Å². The van der Waals surface area contributed by atoms with Crippen molar-refractivity contribution in [1.29, 1.82) is 0 Å². The van der Waals surface area contributed by atoms with Crippen LogP contribution in [-0.4, -0.2) is 37.3 Å². The molecule has 21 heavy (non-hydrogen) atoms. The fraction of sp³-hybridized carbons (Fsp3) is 0.636. The molecule has 0 saturated carbocycles. The molecule has 0 saturated heterocycles. The second-order valence-electron chi connectivity index (χ2n) is 5.00. The van der Waals surface area contributed by atoms with E-state index in [0.717, 1.165) is 10.4 Å². The molecule has 1 rings (SSSR count). The number of rotatable bonds is 7. The molecule has 10 heteroatoms. The Balaban J connectivity index is 2.90. The van der Waals surface area contributed by atoms with Crippen molar-refractivity contribution in [3.8, 4) is 0 Å². The lowest BCUT2D eigenvalue weighted by Crippen LogP contribution is -2.34. The minimum atomic E-state index is -3.79. The van der Waals surface area contributed by atoms with Crippen LogP contribution in [0.1, 0.15) is 20.3 Å². The van der Waals surface area contributed by atoms with Crippen molar-refractivity contribution in [1.82, 2.24) is 4.31 Å². The van der Waals surface area contributed by atoms with Gasteiger partial charge in [-0.25, -0.2) is 12.7 Å². The Morgan fingerprint density at radius 1 is 1.52 bits per heavy atom. The number of hydrogen-bond donors (Lipinski definition) is 1. The Kier molecular flexibility index (Phi) is 6.11. The highest BCUT2D eigenvalue weighted by Gasteiger charge is 2.28. The topological polar surface area (TPSA) is 107 Å². The third-order valence-electron chi connectivity index (χ3n) is 3.14. The van der Waals surface area contributed by atoms with Crippen LogP contribution < -0.4 is 5.73 Å². The Labute approximate surface area is 132 Å². The highest BCUT2D eigenvalue weighted by Crippen LogP contribution is 2.37. The summed E-state index contributed by atoms with van der Waals surface area (Å²) in [6, 6.07) is 0.880. The van der Waals surface area contributed by atoms with E-state index >= 15 is 0 Å². The van der Waals surface area contributed by atoms with Gasteiger partial charge in [-0.1, -0.05) is 25.4 Å². The first-order valence-electron chi connectivity index (χ1n) is 6.23. The number of halogens is 1. The maximum absolute atomic E-state index is 12.3. The van der Waals surface area contributed by atoms with Crippen LogP contribution in [0.3, 0.4) is 0 Å². The van der Waals surface area contributed by atoms with E-state index in [1.807, 2.05) is 13.8 Å². The predicted octanol–water partition coefficient (Wildman–Crippen LogP) is 2.30. The van der Waals surface area contributed by atoms with E-state index in [1.165, 1.54) is 7.05 Å². The van der Waals surface area contributed by atoms with Gasteiger partial charge in [0.25, 0.3) is 15.7 Å². The molecule has 1 atom stereocenters. The molecule has 0 fully saturated rings. The lowest BCUT2D eigenvalue weighted by molar-refractivity contribution is -0.384. The Hall–Kier alpha value is -0.740. The third-order valence-corrected chi connectivity index (χ3v) is 6.78. The second-order valence-corrected chi connectivity index (χ2v) is 8.93. The zero-order chi connectivity index (χ0) is 16.4. The molecule has 1 unspecified atom stereocenters. The summed E-state index contributed by atoms with van der Waals surface area (Å²) in [4.78, 5) is 10.0. The van der Waals surface area contributed by atoms with Gasteiger partial charge in [0, 0.05) is 25.7 Å². The predicted molar refractivity (Wildman–Crippen MR) is 83.2 cm³/mol. The van der Waals surface area contributed by atoms with Crippen LogP contribution in [0.4, 0.5) is 5.69 Å². The molecule has 2 N–H and O–H groups in total. The molecule has 0 aliphatic rings. The van der Waals surface area contributed by atoms with Crippen molar-refractivity contribution in [3.05, 3.63) is 20.5 Å². The van der Waals surface area contributed by atoms with Gasteiger partial charge in [-0.2, -0.15) is 0 Å². The standard InChI is InChI=1S/C11H18ClN3O4S2/c1-7(2)8(13)4-5-14(3)21(18,19)10-6-9(15(16)17)11(12)20-10/h6-8H,4-5,13H2,1-3H3. The SMILES string of the molecule is CC(C)C(N)CCN(C)S(=O)(=O)c1cc([N+](=O)[O-])c(Cl)s1. The van der Waals surface area contributed by atoms with Gasteiger partial charge < -0.3 is 5.73 Å². The fourth-order valence-electron chi connectivity index (χ4n) is 1.53. The second kappa shape index (κ2) is 7.01. The van der Waals surface area contributed by atoms with E-state index in [2.05, 4.69) is 0 Å². The van der Waals surface area contributed by atoms with Crippen molar-refractivity contribution in [2.45, 2.75) is 30.5 Å². The molecule has 0 amide bonds. The first-order chi connectivity index (χ1) is 9.57. The van der Waals surface area contributed by atoms with E-state index in [0.29, 0.717) is 17.8 Å². The molecule has 0 aliphatic heterocycles. The zero-order valence-corrected chi connectivity index (χ0v) is 14.3. The molecule has 1 heterocycles. The molecule has 0 radical (unpaired) electrons. The highest BCUT2D eigenvalue weighted by atomic mass is 35.5. The van der Waals surface area contributed by atoms with Gasteiger partial charge in [-0.15, -0.1) is 11.3 Å². The Morgan fingerprint density at radius 3 is 2.52 bits per heavy atom. The summed E-state index contributed by atoms with van der Waals surface area (Å²) in [6.45, 7) is 4.16. The quantitative estimate of drug-likeness (QED) is 0.596. The Morgan fingerprint density at radius 2 is 2.10 bits per heavy atom. The molecular formula is C11H18ClN3O4S2. The smallest absolute Gasteiger partial charge is 0.300 e. The van der Waals surface area contributed by atoms with Gasteiger partial charge in [0.1, 0.15) is 4.21 Å². The first-order valence-corrected chi connectivity index (χ1v) is 8.86. The summed E-state index contributed by atoms with van der Waals surface area (Å²) >= 11 is 6.38. The van der Waals surface area contributed by atoms with Crippen LogP contribution in [0.25, 0.3) is 0 Å². The van der Waals surface area contributed by atoms with Crippen LogP contribution in [0.2, 0.25) is 4.34 Å². The summed E-state index contributed by atoms with van der Waals surface area (Å²) < 4.78 is 25.5. The number of nitrogens with zero attached hydrogens (tertiary/aromatic N) is 2. The van der Waals surface area contributed by atoms with Crippen molar-refractivity contribution in [3.63, 3.8) is 0 Å². The molecule has 1 aromatic rings. The molecule has 0 aromatic carbocycles. The molecular weight excluding hydrogens is 338 g/mol. The normalized spacial score (nSPS) is 13.9. The minimum Gasteiger partial charge on any atom is -0.327 e. The molecule has 0 aliphatic carbocycles. The number of nitro groups is 1. The largest absolute Gasteiger partial charge is 0.327 e. The minimum absolute atomic E-state index is 0.107. The monoisotopic (exact) mass is 355 g/mol. The summed E-state index contributed by atoms with van der Waals surface area (Å²) in [5.41, 5.74) is 5.49. The summed E-state index contributed by atoms with van der Waals surface area (Å²) in [5, 5.41) is 10.7. The average molecular weight is 356 g/mol. The highest BCUT2D eigenvalue weighted by molar-refractivity contribution is 7.91. The van der Waals surface area contributed by atoms with E-state index in [4.69, 9.17) is 17.3 Å². The summed E-state index contributed by atoms with van der Waals surface area (Å²) in [5.74, 6) is 0.248. The van der Waals surface area contributed by atoms with Crippen molar-refractivity contribution >= 4 is 38.6 Å². The van der Waals surface area contributed by atoms with E-state index in [-0.39, 0.29) is 27.1 Å². The lowest BCUT2D eigenvalue weighted by atomic mass is 10.0.